The Labute approximate surface area is 151 Å². The molecule has 0 amide bonds. The zero-order valence-electron chi connectivity index (χ0n) is 13.6. The number of nitrogens with zero attached hydrogens (tertiary/aromatic N) is 1. The van der Waals surface area contributed by atoms with Crippen LogP contribution in [0.2, 0.25) is 0 Å². The molecule has 3 rings (SSSR count). The van der Waals surface area contributed by atoms with E-state index in [0.717, 1.165) is 23.9 Å². The highest BCUT2D eigenvalue weighted by atomic mass is 32.2. The van der Waals surface area contributed by atoms with Gasteiger partial charge < -0.3 is 14.8 Å². The van der Waals surface area contributed by atoms with Crippen molar-refractivity contribution in [3.63, 3.8) is 0 Å². The molecule has 0 aliphatic heterocycles. The number of nitrogens with one attached hydrogen (secondary N) is 1. The van der Waals surface area contributed by atoms with Gasteiger partial charge in [-0.3, -0.25) is 0 Å². The molecule has 134 valence electrons. The predicted octanol–water partition coefficient (Wildman–Crippen LogP) is 4.08. The Kier molecular flexibility index (Phi) is 5.22. The monoisotopic (exact) mass is 376 g/mol. The number of hydrogen-bond acceptors (Lipinski definition) is 5. The first-order valence-corrected chi connectivity index (χ1v) is 8.51. The number of benzene rings is 2. The van der Waals surface area contributed by atoms with Crippen molar-refractivity contribution >= 4 is 34.3 Å². The van der Waals surface area contributed by atoms with Gasteiger partial charge in [0.15, 0.2) is 0 Å². The lowest BCUT2D eigenvalue weighted by Gasteiger charge is -2.08. The quantitative estimate of drug-likeness (QED) is 0.304. The van der Waals surface area contributed by atoms with E-state index in [1.807, 2.05) is 0 Å². The van der Waals surface area contributed by atoms with Gasteiger partial charge in [0.05, 0.1) is 23.9 Å². The van der Waals surface area contributed by atoms with E-state index in [0.29, 0.717) is 11.0 Å². The highest BCUT2D eigenvalue weighted by Crippen LogP contribution is 2.27. The summed E-state index contributed by atoms with van der Waals surface area (Å²) in [5, 5.41) is 10.4. The third-order valence-corrected chi connectivity index (χ3v) is 4.62. The number of methoxy groups -OCH3 is 1. The minimum Gasteiger partial charge on any atom is -0.510 e. The number of aromatic nitrogens is 2. The number of carbonyl (C=O) groups is 1. The highest BCUT2D eigenvalue weighted by Gasteiger charge is 2.22. The summed E-state index contributed by atoms with van der Waals surface area (Å²) in [5.41, 5.74) is 1.17. The minimum absolute atomic E-state index is 0.121. The van der Waals surface area contributed by atoms with Crippen molar-refractivity contribution in [1.29, 1.82) is 0 Å². The molecular weight excluding hydrogens is 362 g/mol. The van der Waals surface area contributed by atoms with Crippen molar-refractivity contribution in [2.45, 2.75) is 4.90 Å². The van der Waals surface area contributed by atoms with Crippen molar-refractivity contribution in [3.05, 3.63) is 65.7 Å². The van der Waals surface area contributed by atoms with E-state index >= 15 is 0 Å². The molecule has 2 N–H and O–H groups in total. The van der Waals surface area contributed by atoms with Crippen LogP contribution in [-0.2, 0) is 9.53 Å². The molecule has 0 aliphatic carbocycles. The lowest BCUT2D eigenvalue weighted by molar-refractivity contribution is -0.133. The SMILES string of the molecule is COC(=O)/C(=C(/O)CSc1ccc(F)cc1F)c1nc2ccccc2[nH]1. The molecule has 0 saturated heterocycles. The number of halogens is 2. The second-order valence-corrected chi connectivity index (χ2v) is 6.30. The van der Waals surface area contributed by atoms with Crippen LogP contribution in [0.4, 0.5) is 8.78 Å². The molecule has 0 saturated carbocycles. The number of carbonyl (C=O) groups excluding carboxylic acids is 1. The summed E-state index contributed by atoms with van der Waals surface area (Å²) < 4.78 is 31.4. The maximum Gasteiger partial charge on any atom is 0.345 e. The van der Waals surface area contributed by atoms with Crippen LogP contribution in [0.3, 0.4) is 0 Å². The van der Waals surface area contributed by atoms with Gasteiger partial charge >= 0.3 is 5.97 Å². The smallest absolute Gasteiger partial charge is 0.345 e. The number of rotatable bonds is 5. The van der Waals surface area contributed by atoms with Gasteiger partial charge in [0.2, 0.25) is 0 Å². The highest BCUT2D eigenvalue weighted by molar-refractivity contribution is 7.99. The van der Waals surface area contributed by atoms with Gasteiger partial charge in [0.1, 0.15) is 28.8 Å². The molecular formula is C18H14F2N2O3S. The summed E-state index contributed by atoms with van der Waals surface area (Å²) >= 11 is 0.923. The number of esters is 1. The van der Waals surface area contributed by atoms with E-state index in [2.05, 4.69) is 9.97 Å². The van der Waals surface area contributed by atoms with Gasteiger partial charge in [-0.2, -0.15) is 0 Å². The van der Waals surface area contributed by atoms with Crippen LogP contribution in [0.1, 0.15) is 5.82 Å². The van der Waals surface area contributed by atoms with Gasteiger partial charge in [-0.05, 0) is 24.3 Å². The Morgan fingerprint density at radius 3 is 2.73 bits per heavy atom. The zero-order chi connectivity index (χ0) is 18.7. The van der Waals surface area contributed by atoms with E-state index < -0.39 is 17.6 Å². The Bertz CT molecular complexity index is 968. The number of aliphatic hydroxyl groups excluding tert-OH is 1. The number of para-hydroxylation sites is 2. The molecule has 3 aromatic rings. The minimum atomic E-state index is -0.776. The van der Waals surface area contributed by atoms with Gasteiger partial charge in [0, 0.05) is 11.0 Å². The predicted molar refractivity (Wildman–Crippen MR) is 94.7 cm³/mol. The summed E-state index contributed by atoms with van der Waals surface area (Å²) in [6.45, 7) is 0. The molecule has 5 nitrogen and oxygen atoms in total. The molecule has 0 spiro atoms. The Morgan fingerprint density at radius 1 is 1.27 bits per heavy atom. The third-order valence-electron chi connectivity index (χ3n) is 3.56. The molecule has 1 aromatic heterocycles. The van der Waals surface area contributed by atoms with E-state index in [9.17, 15) is 18.7 Å². The number of H-pyrrole nitrogens is 1. The zero-order valence-corrected chi connectivity index (χ0v) is 14.4. The van der Waals surface area contributed by atoms with Gasteiger partial charge in [0.25, 0.3) is 0 Å². The third kappa shape index (κ3) is 3.70. The van der Waals surface area contributed by atoms with Crippen molar-refractivity contribution in [1.82, 2.24) is 9.97 Å². The molecule has 26 heavy (non-hydrogen) atoms. The summed E-state index contributed by atoms with van der Waals surface area (Å²) in [4.78, 5) is 19.5. The second-order valence-electron chi connectivity index (χ2n) is 5.28. The Hall–Kier alpha value is -2.87. The fourth-order valence-corrected chi connectivity index (χ4v) is 3.13. The molecule has 0 bridgehead atoms. The van der Waals surface area contributed by atoms with Crippen molar-refractivity contribution in [3.8, 4) is 0 Å². The van der Waals surface area contributed by atoms with Crippen LogP contribution in [0.25, 0.3) is 16.6 Å². The topological polar surface area (TPSA) is 75.2 Å². The molecule has 0 atom stereocenters. The number of fused-ring (bicyclic) bond motifs is 1. The average Bonchev–Trinajstić information content (AvgIpc) is 3.04. The summed E-state index contributed by atoms with van der Waals surface area (Å²) in [6.07, 6.45) is 0. The Morgan fingerprint density at radius 2 is 2.04 bits per heavy atom. The van der Waals surface area contributed by atoms with Crippen LogP contribution in [0, 0.1) is 11.6 Å². The van der Waals surface area contributed by atoms with Gasteiger partial charge in [-0.1, -0.05) is 12.1 Å². The van der Waals surface area contributed by atoms with Crippen LogP contribution < -0.4 is 0 Å². The number of ether oxygens (including phenoxy) is 1. The molecule has 0 radical (unpaired) electrons. The maximum atomic E-state index is 13.7. The number of imidazole rings is 1. The van der Waals surface area contributed by atoms with Crippen LogP contribution in [0.15, 0.2) is 53.1 Å². The maximum absolute atomic E-state index is 13.7. The first-order chi connectivity index (χ1) is 12.5. The first-order valence-electron chi connectivity index (χ1n) is 7.53. The fraction of sp³-hybridized carbons (Fsp3) is 0.111. The van der Waals surface area contributed by atoms with Crippen LogP contribution >= 0.6 is 11.8 Å². The number of thioether (sulfide) groups is 1. The molecule has 0 fully saturated rings. The summed E-state index contributed by atoms with van der Waals surface area (Å²) in [6, 6.07) is 10.3. The van der Waals surface area contributed by atoms with Crippen LogP contribution in [0.5, 0.6) is 0 Å². The van der Waals surface area contributed by atoms with Gasteiger partial charge in [-0.15, -0.1) is 11.8 Å². The lowest BCUT2D eigenvalue weighted by atomic mass is 10.2. The van der Waals surface area contributed by atoms with Crippen molar-refractivity contribution < 1.29 is 23.4 Å². The molecule has 2 aromatic carbocycles. The molecule has 0 aliphatic rings. The van der Waals surface area contributed by atoms with Crippen molar-refractivity contribution in [2.24, 2.45) is 0 Å². The normalized spacial score (nSPS) is 12.1. The second kappa shape index (κ2) is 7.57. The standard InChI is InChI=1S/C18H14F2N2O3S/c1-25-18(24)16(17-21-12-4-2-3-5-13(12)22-17)14(23)9-26-15-7-6-10(19)8-11(15)20/h2-8,23H,9H2,1H3,(H,21,22)/b16-14+. The number of hydrogen-bond donors (Lipinski definition) is 2. The van der Waals surface area contributed by atoms with Crippen molar-refractivity contribution in [2.75, 3.05) is 12.9 Å². The van der Waals surface area contributed by atoms with E-state index in [1.54, 1.807) is 24.3 Å². The first kappa shape index (κ1) is 17.9. The van der Waals surface area contributed by atoms with E-state index in [-0.39, 0.29) is 27.8 Å². The lowest BCUT2D eigenvalue weighted by Crippen LogP contribution is -2.09. The molecule has 8 heteroatoms. The number of aliphatic hydroxyl groups is 1. The fourth-order valence-electron chi connectivity index (χ4n) is 2.33. The van der Waals surface area contributed by atoms with E-state index in [1.165, 1.54) is 13.2 Å². The Balaban J connectivity index is 1.93. The van der Waals surface area contributed by atoms with Crippen LogP contribution in [-0.4, -0.2) is 33.9 Å². The summed E-state index contributed by atoms with van der Waals surface area (Å²) in [5.74, 6) is -2.51. The average molecular weight is 376 g/mol. The molecule has 0 unspecified atom stereocenters. The summed E-state index contributed by atoms with van der Waals surface area (Å²) in [7, 11) is 1.19. The van der Waals surface area contributed by atoms with E-state index in [4.69, 9.17) is 4.74 Å². The molecule has 1 heterocycles. The number of aromatic amines is 1. The largest absolute Gasteiger partial charge is 0.510 e. The van der Waals surface area contributed by atoms with Gasteiger partial charge in [-0.25, -0.2) is 18.6 Å².